The molecule has 0 saturated carbocycles. The van der Waals surface area contributed by atoms with Crippen molar-refractivity contribution in [3.63, 3.8) is 0 Å². The van der Waals surface area contributed by atoms with Gasteiger partial charge in [-0.1, -0.05) is 6.07 Å². The van der Waals surface area contributed by atoms with Gasteiger partial charge in [-0.25, -0.2) is 4.79 Å². The van der Waals surface area contributed by atoms with Gasteiger partial charge in [-0.15, -0.1) is 11.3 Å². The predicted octanol–water partition coefficient (Wildman–Crippen LogP) is 3.22. The number of nitrogens with one attached hydrogen (secondary N) is 1. The number of thiophene rings is 1. The summed E-state index contributed by atoms with van der Waals surface area (Å²) in [7, 11) is 3.28. The second-order valence-electron chi connectivity index (χ2n) is 6.57. The number of carbonyl (C=O) groups excluding carboxylic acids is 2. The smallest absolute Gasteiger partial charge is 0.409 e. The number of amides is 2. The highest BCUT2D eigenvalue weighted by molar-refractivity contribution is 7.16. The van der Waals surface area contributed by atoms with Crippen LogP contribution in [0.3, 0.4) is 0 Å². The third-order valence-electron chi connectivity index (χ3n) is 4.31. The van der Waals surface area contributed by atoms with Crippen molar-refractivity contribution < 1.29 is 14.3 Å². The Hall–Kier alpha value is -3.18. The molecule has 2 aromatic rings. The first-order valence-corrected chi connectivity index (χ1v) is 9.61. The minimum absolute atomic E-state index is 0.221. The summed E-state index contributed by atoms with van der Waals surface area (Å²) in [4.78, 5) is 30.4. The van der Waals surface area contributed by atoms with Gasteiger partial charge in [0.2, 0.25) is 5.91 Å². The molecule has 0 fully saturated rings. The van der Waals surface area contributed by atoms with Gasteiger partial charge in [0.05, 0.1) is 5.56 Å². The van der Waals surface area contributed by atoms with Crippen LogP contribution in [-0.4, -0.2) is 42.1 Å². The molecule has 144 valence electrons. The molecule has 7 nitrogen and oxygen atoms in total. The predicted molar refractivity (Wildman–Crippen MR) is 107 cm³/mol. The van der Waals surface area contributed by atoms with E-state index in [0.29, 0.717) is 29.8 Å². The van der Waals surface area contributed by atoms with Gasteiger partial charge in [0.25, 0.3) is 0 Å². The number of nitrogens with zero attached hydrogens (tertiary/aromatic N) is 3. The molecule has 2 aromatic heterocycles. The third kappa shape index (κ3) is 4.56. The fraction of sp³-hybridized carbons (Fsp3) is 0.300. The Labute approximate surface area is 167 Å². The Morgan fingerprint density at radius 2 is 2.29 bits per heavy atom. The van der Waals surface area contributed by atoms with Gasteiger partial charge in [-0.2, -0.15) is 5.26 Å². The number of aromatic nitrogens is 1. The zero-order chi connectivity index (χ0) is 20.1. The van der Waals surface area contributed by atoms with E-state index < -0.39 is 0 Å². The average molecular weight is 396 g/mol. The Morgan fingerprint density at radius 3 is 2.96 bits per heavy atom. The number of fused-ring (bicyclic) bond motifs is 1. The van der Waals surface area contributed by atoms with Gasteiger partial charge in [0, 0.05) is 43.9 Å². The summed E-state index contributed by atoms with van der Waals surface area (Å²) in [5, 5.41) is 12.9. The van der Waals surface area contributed by atoms with E-state index in [4.69, 9.17) is 4.74 Å². The van der Waals surface area contributed by atoms with E-state index in [-0.39, 0.29) is 18.1 Å². The molecule has 2 amide bonds. The lowest BCUT2D eigenvalue weighted by Gasteiger charge is -2.24. The van der Waals surface area contributed by atoms with Crippen LogP contribution >= 0.6 is 11.3 Å². The Morgan fingerprint density at radius 1 is 1.46 bits per heavy atom. The number of nitriles is 1. The van der Waals surface area contributed by atoms with E-state index in [1.807, 2.05) is 6.07 Å². The molecule has 3 rings (SSSR count). The van der Waals surface area contributed by atoms with Crippen molar-refractivity contribution in [1.29, 1.82) is 5.26 Å². The molecule has 2 heterocycles. The lowest BCUT2D eigenvalue weighted by atomic mass is 9.94. The number of hydrogen-bond donors (Lipinski definition) is 1. The summed E-state index contributed by atoms with van der Waals surface area (Å²) >= 11 is 1.37. The first-order chi connectivity index (χ1) is 13.5. The van der Waals surface area contributed by atoms with Crippen molar-refractivity contribution in [2.75, 3.05) is 19.4 Å². The van der Waals surface area contributed by atoms with Crippen LogP contribution in [0.15, 0.2) is 30.6 Å². The van der Waals surface area contributed by atoms with Crippen LogP contribution in [0.1, 0.15) is 28.0 Å². The molecule has 8 heteroatoms. The van der Waals surface area contributed by atoms with E-state index in [9.17, 15) is 14.9 Å². The molecule has 0 aromatic carbocycles. The second kappa shape index (κ2) is 8.67. The molecule has 1 aliphatic carbocycles. The van der Waals surface area contributed by atoms with Crippen LogP contribution < -0.4 is 5.32 Å². The quantitative estimate of drug-likeness (QED) is 0.801. The Bertz CT molecular complexity index is 944. The molecule has 0 spiro atoms. The van der Waals surface area contributed by atoms with Crippen molar-refractivity contribution in [1.82, 2.24) is 9.88 Å². The van der Waals surface area contributed by atoms with Crippen molar-refractivity contribution in [2.45, 2.75) is 25.4 Å². The normalized spacial score (nSPS) is 15.5. The molecule has 1 unspecified atom stereocenters. The van der Waals surface area contributed by atoms with Crippen LogP contribution in [0.4, 0.5) is 9.80 Å². The summed E-state index contributed by atoms with van der Waals surface area (Å²) < 4.78 is 5.47. The zero-order valence-electron chi connectivity index (χ0n) is 15.6. The summed E-state index contributed by atoms with van der Waals surface area (Å²) in [6.45, 7) is 0. The third-order valence-corrected chi connectivity index (χ3v) is 5.48. The maximum absolute atomic E-state index is 12.3. The number of pyridine rings is 1. The van der Waals surface area contributed by atoms with E-state index in [0.717, 1.165) is 16.0 Å². The second-order valence-corrected chi connectivity index (χ2v) is 7.68. The first-order valence-electron chi connectivity index (χ1n) is 8.79. The van der Waals surface area contributed by atoms with Crippen LogP contribution in [0.2, 0.25) is 0 Å². The highest BCUT2D eigenvalue weighted by Gasteiger charge is 2.28. The first kappa shape index (κ1) is 19.6. The van der Waals surface area contributed by atoms with Gasteiger partial charge in [-0.3, -0.25) is 9.78 Å². The van der Waals surface area contributed by atoms with Gasteiger partial charge in [-0.05, 0) is 36.1 Å². The molecule has 1 atom stereocenters. The maximum atomic E-state index is 12.3. The molecule has 28 heavy (non-hydrogen) atoms. The molecule has 0 saturated heterocycles. The highest BCUT2D eigenvalue weighted by Crippen LogP contribution is 2.38. The Balaban J connectivity index is 1.71. The summed E-state index contributed by atoms with van der Waals surface area (Å²) in [6.07, 6.45) is 7.65. The Kier molecular flexibility index (Phi) is 6.06. The topological polar surface area (TPSA) is 95.3 Å². The molecule has 1 N–H and O–H groups in total. The van der Waals surface area contributed by atoms with Crippen LogP contribution in [0.5, 0.6) is 0 Å². The average Bonchev–Trinajstić information content (AvgIpc) is 3.03. The molecule has 1 aliphatic rings. The number of carbonyl (C=O) groups is 2. The molecule has 0 radical (unpaired) electrons. The summed E-state index contributed by atoms with van der Waals surface area (Å²) in [6, 6.07) is 5.84. The fourth-order valence-electron chi connectivity index (χ4n) is 2.91. The number of ether oxygens (including phenoxy) is 1. The maximum Gasteiger partial charge on any atom is 0.409 e. The number of anilines is 1. The summed E-state index contributed by atoms with van der Waals surface area (Å²) in [5.74, 6) is -0.311. The van der Waals surface area contributed by atoms with Gasteiger partial charge in [0.1, 0.15) is 17.2 Å². The van der Waals surface area contributed by atoms with E-state index in [1.165, 1.54) is 22.3 Å². The molecule has 0 bridgehead atoms. The lowest BCUT2D eigenvalue weighted by molar-refractivity contribution is -0.111. The number of rotatable bonds is 4. The van der Waals surface area contributed by atoms with Crippen molar-refractivity contribution >= 4 is 34.4 Å². The van der Waals surface area contributed by atoms with Gasteiger partial charge >= 0.3 is 6.09 Å². The van der Waals surface area contributed by atoms with Crippen molar-refractivity contribution in [2.24, 2.45) is 0 Å². The van der Waals surface area contributed by atoms with Crippen LogP contribution in [0.25, 0.3) is 6.08 Å². The summed E-state index contributed by atoms with van der Waals surface area (Å²) in [5.41, 5.74) is 2.26. The van der Waals surface area contributed by atoms with Crippen LogP contribution in [-0.2, 0) is 22.4 Å². The van der Waals surface area contributed by atoms with Gasteiger partial charge in [0.15, 0.2) is 0 Å². The lowest BCUT2D eigenvalue weighted by Crippen LogP contribution is -2.31. The van der Waals surface area contributed by atoms with Crippen molar-refractivity contribution in [3.05, 3.63) is 52.2 Å². The molecule has 0 aliphatic heterocycles. The van der Waals surface area contributed by atoms with E-state index in [1.54, 1.807) is 38.6 Å². The SMILES string of the molecule is CN(C)C(=O)OC1CCc2c(sc(NC(=O)/C=C/c3cccnc3)c2C#N)C1. The minimum atomic E-state index is -0.375. The zero-order valence-corrected chi connectivity index (χ0v) is 16.5. The minimum Gasteiger partial charge on any atom is -0.446 e. The molecular formula is C20H20N4O3S. The van der Waals surface area contributed by atoms with Gasteiger partial charge < -0.3 is 15.0 Å². The van der Waals surface area contributed by atoms with E-state index in [2.05, 4.69) is 16.4 Å². The van der Waals surface area contributed by atoms with Crippen molar-refractivity contribution in [3.8, 4) is 6.07 Å². The molecular weight excluding hydrogens is 376 g/mol. The highest BCUT2D eigenvalue weighted by atomic mass is 32.1. The monoisotopic (exact) mass is 396 g/mol. The largest absolute Gasteiger partial charge is 0.446 e. The number of hydrogen-bond acceptors (Lipinski definition) is 6. The standard InChI is InChI=1S/C20H20N4O3S/c1-24(2)20(26)27-14-6-7-15-16(11-21)19(28-17(15)10-14)23-18(25)8-5-13-4-3-9-22-12-13/h3-5,8-9,12,14H,6-7,10H2,1-2H3,(H,23,25)/b8-5+. The van der Waals surface area contributed by atoms with E-state index >= 15 is 0 Å². The fourth-order valence-corrected chi connectivity index (χ4v) is 4.18. The van der Waals surface area contributed by atoms with Crippen LogP contribution in [0, 0.1) is 11.3 Å².